The monoisotopic (exact) mass is 136 g/mol. The van der Waals surface area contributed by atoms with Crippen LogP contribution in [0.15, 0.2) is 10.8 Å². The van der Waals surface area contributed by atoms with Crippen LogP contribution >= 0.6 is 11.3 Å². The van der Waals surface area contributed by atoms with Crippen LogP contribution in [0.4, 0.5) is 0 Å². The van der Waals surface area contributed by atoms with Gasteiger partial charge in [-0.25, -0.2) is 0 Å². The SMILES string of the molecule is C#CCc1cscc1C. The smallest absolute Gasteiger partial charge is 0.0348 e. The van der Waals surface area contributed by atoms with Crippen molar-refractivity contribution in [1.29, 1.82) is 0 Å². The molecule has 0 unspecified atom stereocenters. The zero-order chi connectivity index (χ0) is 6.69. The molecule has 1 aromatic heterocycles. The van der Waals surface area contributed by atoms with Crippen molar-refractivity contribution in [3.63, 3.8) is 0 Å². The summed E-state index contributed by atoms with van der Waals surface area (Å²) in [7, 11) is 0. The molecule has 0 nitrogen and oxygen atoms in total. The Kier molecular flexibility index (Phi) is 1.92. The van der Waals surface area contributed by atoms with E-state index < -0.39 is 0 Å². The molecule has 0 amide bonds. The van der Waals surface area contributed by atoms with Crippen molar-refractivity contribution in [2.24, 2.45) is 0 Å². The highest BCUT2D eigenvalue weighted by atomic mass is 32.1. The number of hydrogen-bond acceptors (Lipinski definition) is 1. The molecule has 0 atom stereocenters. The number of thiophene rings is 1. The second kappa shape index (κ2) is 2.70. The molecular weight excluding hydrogens is 128 g/mol. The van der Waals surface area contributed by atoms with E-state index in [-0.39, 0.29) is 0 Å². The van der Waals surface area contributed by atoms with E-state index in [9.17, 15) is 0 Å². The Morgan fingerprint density at radius 1 is 1.67 bits per heavy atom. The van der Waals surface area contributed by atoms with Crippen molar-refractivity contribution in [2.45, 2.75) is 13.3 Å². The van der Waals surface area contributed by atoms with Gasteiger partial charge in [0, 0.05) is 6.42 Å². The van der Waals surface area contributed by atoms with Gasteiger partial charge in [0.2, 0.25) is 0 Å². The Balaban J connectivity index is 2.84. The molecule has 0 aromatic carbocycles. The molecule has 0 radical (unpaired) electrons. The Morgan fingerprint density at radius 3 is 2.89 bits per heavy atom. The summed E-state index contributed by atoms with van der Waals surface area (Å²) >= 11 is 1.71. The molecule has 1 heterocycles. The number of hydrogen-bond donors (Lipinski definition) is 0. The molecule has 1 heteroatoms. The Morgan fingerprint density at radius 2 is 2.44 bits per heavy atom. The summed E-state index contributed by atoms with van der Waals surface area (Å²) in [6, 6.07) is 0. The van der Waals surface area contributed by atoms with Crippen LogP contribution in [0.2, 0.25) is 0 Å². The third-order valence-corrected chi connectivity index (χ3v) is 2.16. The van der Waals surface area contributed by atoms with E-state index in [2.05, 4.69) is 23.6 Å². The molecular formula is C8H8S. The molecule has 0 saturated heterocycles. The molecule has 0 aliphatic heterocycles. The quantitative estimate of drug-likeness (QED) is 0.519. The highest BCUT2D eigenvalue weighted by Crippen LogP contribution is 2.13. The van der Waals surface area contributed by atoms with Gasteiger partial charge in [-0.2, -0.15) is 11.3 Å². The Labute approximate surface area is 59.5 Å². The summed E-state index contributed by atoms with van der Waals surface area (Å²) in [6.07, 6.45) is 5.92. The molecule has 9 heavy (non-hydrogen) atoms. The Hall–Kier alpha value is -0.740. The Bertz CT molecular complexity index is 227. The molecule has 0 bridgehead atoms. The third-order valence-electron chi connectivity index (χ3n) is 1.25. The zero-order valence-electron chi connectivity index (χ0n) is 5.35. The lowest BCUT2D eigenvalue weighted by Crippen LogP contribution is -1.77. The van der Waals surface area contributed by atoms with E-state index in [4.69, 9.17) is 6.42 Å². The summed E-state index contributed by atoms with van der Waals surface area (Å²) in [6.45, 7) is 2.09. The van der Waals surface area contributed by atoms with Crippen LogP contribution in [0.25, 0.3) is 0 Å². The van der Waals surface area contributed by atoms with Crippen molar-refractivity contribution in [3.05, 3.63) is 21.9 Å². The fourth-order valence-electron chi connectivity index (χ4n) is 0.678. The number of rotatable bonds is 1. The fraction of sp³-hybridized carbons (Fsp3) is 0.250. The van der Waals surface area contributed by atoms with Crippen molar-refractivity contribution in [3.8, 4) is 12.3 Å². The maximum atomic E-state index is 5.14. The molecule has 0 fully saturated rings. The minimum Gasteiger partial charge on any atom is -0.152 e. The first-order valence-electron chi connectivity index (χ1n) is 2.79. The van der Waals surface area contributed by atoms with E-state index in [1.807, 2.05) is 0 Å². The normalized spacial score (nSPS) is 8.89. The average molecular weight is 136 g/mol. The van der Waals surface area contributed by atoms with Crippen LogP contribution in [0, 0.1) is 19.3 Å². The van der Waals surface area contributed by atoms with Gasteiger partial charge in [0.15, 0.2) is 0 Å². The first-order valence-corrected chi connectivity index (χ1v) is 3.74. The highest BCUT2D eigenvalue weighted by Gasteiger charge is 1.94. The van der Waals surface area contributed by atoms with Crippen molar-refractivity contribution >= 4 is 11.3 Å². The maximum absolute atomic E-state index is 5.14. The van der Waals surface area contributed by atoms with Crippen LogP contribution in [0.5, 0.6) is 0 Å². The standard InChI is InChI=1S/C8H8S/c1-3-4-8-6-9-5-7(8)2/h1,5-6H,4H2,2H3. The summed E-state index contributed by atoms with van der Waals surface area (Å²) < 4.78 is 0. The predicted octanol–water partition coefficient (Wildman–Crippen LogP) is 2.23. The van der Waals surface area contributed by atoms with Crippen molar-refractivity contribution in [2.75, 3.05) is 0 Å². The molecule has 1 rings (SSSR count). The van der Waals surface area contributed by atoms with Gasteiger partial charge in [-0.15, -0.1) is 12.3 Å². The van der Waals surface area contributed by atoms with E-state index in [0.717, 1.165) is 6.42 Å². The third kappa shape index (κ3) is 1.34. The van der Waals surface area contributed by atoms with Gasteiger partial charge in [-0.05, 0) is 28.8 Å². The molecule has 0 spiro atoms. The molecule has 0 saturated carbocycles. The first-order chi connectivity index (χ1) is 4.34. The van der Waals surface area contributed by atoms with E-state index in [1.54, 1.807) is 11.3 Å². The molecule has 0 aliphatic carbocycles. The van der Waals surface area contributed by atoms with Crippen molar-refractivity contribution < 1.29 is 0 Å². The van der Waals surface area contributed by atoms with Gasteiger partial charge in [0.1, 0.15) is 0 Å². The van der Waals surface area contributed by atoms with E-state index >= 15 is 0 Å². The average Bonchev–Trinajstić information content (AvgIpc) is 2.18. The first kappa shape index (κ1) is 6.38. The zero-order valence-corrected chi connectivity index (χ0v) is 6.16. The van der Waals surface area contributed by atoms with Gasteiger partial charge in [-0.3, -0.25) is 0 Å². The summed E-state index contributed by atoms with van der Waals surface area (Å²) in [5, 5.41) is 4.22. The lowest BCUT2D eigenvalue weighted by atomic mass is 10.2. The van der Waals surface area contributed by atoms with Crippen LogP contribution in [0.3, 0.4) is 0 Å². The molecule has 0 aliphatic rings. The minimum absolute atomic E-state index is 0.773. The van der Waals surface area contributed by atoms with Gasteiger partial charge in [-0.1, -0.05) is 0 Å². The maximum Gasteiger partial charge on any atom is 0.0348 e. The van der Waals surface area contributed by atoms with Gasteiger partial charge in [0.25, 0.3) is 0 Å². The second-order valence-electron chi connectivity index (χ2n) is 1.96. The molecule has 46 valence electrons. The fourth-order valence-corrected chi connectivity index (χ4v) is 1.53. The van der Waals surface area contributed by atoms with Gasteiger partial charge in [0.05, 0.1) is 0 Å². The van der Waals surface area contributed by atoms with Crippen LogP contribution < -0.4 is 0 Å². The second-order valence-corrected chi connectivity index (χ2v) is 2.70. The molecule has 0 N–H and O–H groups in total. The summed E-state index contributed by atoms with van der Waals surface area (Å²) in [5.41, 5.74) is 2.61. The minimum atomic E-state index is 0.773. The van der Waals surface area contributed by atoms with Crippen LogP contribution in [-0.4, -0.2) is 0 Å². The summed E-state index contributed by atoms with van der Waals surface area (Å²) in [5.74, 6) is 2.62. The predicted molar refractivity (Wildman–Crippen MR) is 41.6 cm³/mol. The summed E-state index contributed by atoms with van der Waals surface area (Å²) in [4.78, 5) is 0. The van der Waals surface area contributed by atoms with Crippen molar-refractivity contribution in [1.82, 2.24) is 0 Å². The van der Waals surface area contributed by atoms with E-state index in [1.165, 1.54) is 11.1 Å². The van der Waals surface area contributed by atoms with Gasteiger partial charge < -0.3 is 0 Å². The number of terminal acetylenes is 1. The molecule has 1 aromatic rings. The lowest BCUT2D eigenvalue weighted by Gasteiger charge is -1.87. The lowest BCUT2D eigenvalue weighted by molar-refractivity contribution is 1.29. The topological polar surface area (TPSA) is 0 Å². The van der Waals surface area contributed by atoms with Gasteiger partial charge >= 0.3 is 0 Å². The highest BCUT2D eigenvalue weighted by molar-refractivity contribution is 7.08. The largest absolute Gasteiger partial charge is 0.152 e. The van der Waals surface area contributed by atoms with Crippen LogP contribution in [0.1, 0.15) is 11.1 Å². The van der Waals surface area contributed by atoms with E-state index in [0.29, 0.717) is 0 Å². The number of aryl methyl sites for hydroxylation is 1. The van der Waals surface area contributed by atoms with Crippen LogP contribution in [-0.2, 0) is 6.42 Å².